The molecule has 0 radical (unpaired) electrons. The minimum Gasteiger partial charge on any atom is -0.475 e. The molecule has 0 aliphatic carbocycles. The molecule has 0 aromatic carbocycles. The molecule has 9 nitrogen and oxygen atoms in total. The Kier molecular flexibility index (Phi) is 5.17. The Bertz CT molecular complexity index is 1010. The molecule has 3 aromatic rings. The molecule has 0 aliphatic rings. The highest BCUT2D eigenvalue weighted by atomic mass is 32.2. The second-order valence-corrected chi connectivity index (χ2v) is 7.49. The number of pyridine rings is 2. The van der Waals surface area contributed by atoms with Gasteiger partial charge in [0.05, 0.1) is 23.6 Å². The third-order valence-electron chi connectivity index (χ3n) is 3.41. The summed E-state index contributed by atoms with van der Waals surface area (Å²) in [6.07, 6.45) is 4.21. The molecular formula is C17H17N5O4S. The van der Waals surface area contributed by atoms with E-state index >= 15 is 0 Å². The Morgan fingerprint density at radius 2 is 1.93 bits per heavy atom. The maximum atomic E-state index is 12.2. The molecular weight excluding hydrogens is 370 g/mol. The van der Waals surface area contributed by atoms with Crippen molar-refractivity contribution < 1.29 is 17.9 Å². The van der Waals surface area contributed by atoms with E-state index in [2.05, 4.69) is 20.2 Å². The number of nitrogens with zero attached hydrogens (tertiary/aromatic N) is 3. The van der Waals surface area contributed by atoms with Gasteiger partial charge in [-0.15, -0.1) is 0 Å². The second-order valence-electron chi connectivity index (χ2n) is 5.84. The maximum Gasteiger partial charge on any atom is 0.281 e. The summed E-state index contributed by atoms with van der Waals surface area (Å²) in [6.45, 7) is 3.82. The summed E-state index contributed by atoms with van der Waals surface area (Å²) in [7, 11) is -4.01. The molecule has 0 saturated carbocycles. The van der Waals surface area contributed by atoms with Gasteiger partial charge in [-0.1, -0.05) is 0 Å². The van der Waals surface area contributed by atoms with Crippen LogP contribution in [0.3, 0.4) is 0 Å². The number of carbonyl (C=O) groups is 1. The number of H-pyrrole nitrogens is 1. The zero-order valence-corrected chi connectivity index (χ0v) is 15.4. The first-order valence-corrected chi connectivity index (χ1v) is 9.49. The third kappa shape index (κ3) is 4.47. The fourth-order valence-corrected chi connectivity index (χ4v) is 3.06. The van der Waals surface area contributed by atoms with Crippen LogP contribution in [0, 0.1) is 0 Å². The average Bonchev–Trinajstić information content (AvgIpc) is 3.17. The van der Waals surface area contributed by atoms with E-state index in [1.807, 2.05) is 18.6 Å². The van der Waals surface area contributed by atoms with E-state index in [4.69, 9.17) is 4.74 Å². The number of aromatic nitrogens is 4. The van der Waals surface area contributed by atoms with Crippen molar-refractivity contribution in [3.8, 4) is 17.1 Å². The lowest BCUT2D eigenvalue weighted by molar-refractivity contribution is 0.0981. The van der Waals surface area contributed by atoms with Gasteiger partial charge in [0.25, 0.3) is 15.9 Å². The number of sulfonamides is 1. The molecule has 0 spiro atoms. The van der Waals surface area contributed by atoms with Gasteiger partial charge in [0.15, 0.2) is 5.03 Å². The number of ether oxygens (including phenoxy) is 1. The number of carbonyl (C=O) groups excluding carboxylic acids is 1. The summed E-state index contributed by atoms with van der Waals surface area (Å²) in [5, 5.41) is 5.65. The third-order valence-corrected chi connectivity index (χ3v) is 4.67. The Morgan fingerprint density at radius 3 is 2.48 bits per heavy atom. The van der Waals surface area contributed by atoms with Gasteiger partial charge in [-0.05, 0) is 38.1 Å². The van der Waals surface area contributed by atoms with Crippen molar-refractivity contribution in [3.63, 3.8) is 0 Å². The average molecular weight is 387 g/mol. The molecule has 3 aromatic heterocycles. The van der Waals surface area contributed by atoms with Gasteiger partial charge < -0.3 is 4.74 Å². The van der Waals surface area contributed by atoms with Crippen molar-refractivity contribution in [2.24, 2.45) is 0 Å². The number of hydrogen-bond donors (Lipinski definition) is 2. The van der Waals surface area contributed by atoms with Crippen LogP contribution in [0.4, 0.5) is 0 Å². The van der Waals surface area contributed by atoms with Crippen LogP contribution >= 0.6 is 0 Å². The molecule has 27 heavy (non-hydrogen) atoms. The van der Waals surface area contributed by atoms with Crippen molar-refractivity contribution in [2.75, 3.05) is 0 Å². The lowest BCUT2D eigenvalue weighted by Gasteiger charge is -2.09. The molecule has 0 atom stereocenters. The highest BCUT2D eigenvalue weighted by Gasteiger charge is 2.20. The van der Waals surface area contributed by atoms with Crippen molar-refractivity contribution in [1.29, 1.82) is 0 Å². The molecule has 0 bridgehead atoms. The van der Waals surface area contributed by atoms with Crippen molar-refractivity contribution in [2.45, 2.75) is 25.0 Å². The SMILES string of the molecule is CC(C)Oc1ccc(-c2ccc(C(=O)NS(=O)(=O)c3ccn[nH]3)cn2)cn1. The summed E-state index contributed by atoms with van der Waals surface area (Å²) >= 11 is 0. The fraction of sp³-hybridized carbons (Fsp3) is 0.176. The van der Waals surface area contributed by atoms with Crippen LogP contribution in [0.25, 0.3) is 11.3 Å². The first-order chi connectivity index (χ1) is 12.8. The summed E-state index contributed by atoms with van der Waals surface area (Å²) in [5.41, 5.74) is 1.43. The number of hydrogen-bond acceptors (Lipinski definition) is 7. The largest absolute Gasteiger partial charge is 0.475 e. The van der Waals surface area contributed by atoms with Gasteiger partial charge in [0.2, 0.25) is 5.88 Å². The predicted molar refractivity (Wildman–Crippen MR) is 96.5 cm³/mol. The van der Waals surface area contributed by atoms with E-state index in [-0.39, 0.29) is 16.7 Å². The van der Waals surface area contributed by atoms with Gasteiger partial charge in [-0.3, -0.25) is 14.9 Å². The standard InChI is InChI=1S/C17H17N5O4S/c1-11(2)26-15-6-4-12(9-19-15)14-5-3-13(10-18-14)17(23)22-27(24,25)16-7-8-20-21-16/h3-11H,1-2H3,(H,20,21)(H,22,23). The van der Waals surface area contributed by atoms with E-state index < -0.39 is 15.9 Å². The molecule has 0 saturated heterocycles. The van der Waals surface area contributed by atoms with Gasteiger partial charge in [-0.2, -0.15) is 13.5 Å². The van der Waals surface area contributed by atoms with E-state index in [0.717, 1.165) is 5.56 Å². The molecule has 10 heteroatoms. The summed E-state index contributed by atoms with van der Waals surface area (Å²) in [4.78, 5) is 20.6. The van der Waals surface area contributed by atoms with E-state index in [9.17, 15) is 13.2 Å². The predicted octanol–water partition coefficient (Wildman–Crippen LogP) is 1.77. The Hall–Kier alpha value is -3.27. The normalized spacial score (nSPS) is 11.4. The van der Waals surface area contributed by atoms with Crippen molar-refractivity contribution >= 4 is 15.9 Å². The summed E-state index contributed by atoms with van der Waals surface area (Å²) < 4.78 is 31.5. The summed E-state index contributed by atoms with van der Waals surface area (Å²) in [6, 6.07) is 7.87. The van der Waals surface area contributed by atoms with E-state index in [0.29, 0.717) is 11.6 Å². The molecule has 140 valence electrons. The molecule has 0 fully saturated rings. The monoisotopic (exact) mass is 387 g/mol. The van der Waals surface area contributed by atoms with Gasteiger partial charge >= 0.3 is 0 Å². The zero-order valence-electron chi connectivity index (χ0n) is 14.6. The molecule has 1 amide bonds. The van der Waals surface area contributed by atoms with Gasteiger partial charge in [0, 0.05) is 24.0 Å². The van der Waals surface area contributed by atoms with Crippen molar-refractivity contribution in [3.05, 3.63) is 54.5 Å². The van der Waals surface area contributed by atoms with Crippen molar-refractivity contribution in [1.82, 2.24) is 24.9 Å². The Labute approximate surface area is 155 Å². The van der Waals surface area contributed by atoms with Crippen LogP contribution in [0.5, 0.6) is 5.88 Å². The van der Waals surface area contributed by atoms with Crippen LogP contribution < -0.4 is 9.46 Å². The van der Waals surface area contributed by atoms with Gasteiger partial charge in [0.1, 0.15) is 0 Å². The van der Waals surface area contributed by atoms with Crippen LogP contribution in [0.1, 0.15) is 24.2 Å². The topological polar surface area (TPSA) is 127 Å². The number of aromatic amines is 1. The lowest BCUT2D eigenvalue weighted by atomic mass is 10.1. The molecule has 3 rings (SSSR count). The molecule has 3 heterocycles. The first-order valence-electron chi connectivity index (χ1n) is 8.01. The number of nitrogens with one attached hydrogen (secondary N) is 2. The number of rotatable bonds is 6. The lowest BCUT2D eigenvalue weighted by Crippen LogP contribution is -2.30. The molecule has 2 N–H and O–H groups in total. The Balaban J connectivity index is 1.72. The minimum absolute atomic E-state index is 0.0253. The fourth-order valence-electron chi connectivity index (χ4n) is 2.17. The van der Waals surface area contributed by atoms with Crippen LogP contribution in [0.2, 0.25) is 0 Å². The molecule has 0 unspecified atom stereocenters. The maximum absolute atomic E-state index is 12.2. The van der Waals surface area contributed by atoms with E-state index in [1.54, 1.807) is 24.4 Å². The highest BCUT2D eigenvalue weighted by molar-refractivity contribution is 7.90. The zero-order chi connectivity index (χ0) is 19.4. The van der Waals surface area contributed by atoms with E-state index in [1.165, 1.54) is 24.5 Å². The van der Waals surface area contributed by atoms with Crippen LogP contribution in [0.15, 0.2) is 53.9 Å². The minimum atomic E-state index is -4.01. The quantitative estimate of drug-likeness (QED) is 0.660. The first kappa shape index (κ1) is 18.5. The van der Waals surface area contributed by atoms with Crippen LogP contribution in [-0.2, 0) is 10.0 Å². The van der Waals surface area contributed by atoms with Gasteiger partial charge in [-0.25, -0.2) is 9.71 Å². The summed E-state index contributed by atoms with van der Waals surface area (Å²) in [5.74, 6) is -0.281. The van der Waals surface area contributed by atoms with Crippen LogP contribution in [-0.4, -0.2) is 40.6 Å². The molecule has 0 aliphatic heterocycles. The second kappa shape index (κ2) is 7.54. The Morgan fingerprint density at radius 1 is 1.11 bits per heavy atom. The number of amides is 1. The highest BCUT2D eigenvalue weighted by Crippen LogP contribution is 2.19. The smallest absolute Gasteiger partial charge is 0.281 e.